The second-order valence-electron chi connectivity index (χ2n) is 7.20. The standard InChI is InChI=1S/C17H33N3O/c1-5-21-9-8-17(6-7-17)13-19-16(18-4)20-11-14(2)10-15(3)12-20/h14-15H,5-13H2,1-4H3,(H,18,19). The van der Waals surface area contributed by atoms with Gasteiger partial charge in [0.1, 0.15) is 0 Å². The van der Waals surface area contributed by atoms with E-state index >= 15 is 0 Å². The van der Waals surface area contributed by atoms with Gasteiger partial charge < -0.3 is 15.0 Å². The summed E-state index contributed by atoms with van der Waals surface area (Å²) in [5, 5.41) is 3.63. The van der Waals surface area contributed by atoms with Crippen LogP contribution in [0.2, 0.25) is 0 Å². The van der Waals surface area contributed by atoms with E-state index in [1.165, 1.54) is 25.7 Å². The lowest BCUT2D eigenvalue weighted by Gasteiger charge is -2.37. The molecule has 0 amide bonds. The second kappa shape index (κ2) is 7.48. The molecule has 4 heteroatoms. The molecule has 122 valence electrons. The highest BCUT2D eigenvalue weighted by Gasteiger charge is 2.42. The lowest BCUT2D eigenvalue weighted by Crippen LogP contribution is -2.49. The third-order valence-corrected chi connectivity index (χ3v) is 4.94. The van der Waals surface area contributed by atoms with E-state index in [1.54, 1.807) is 0 Å². The zero-order valence-corrected chi connectivity index (χ0v) is 14.3. The Balaban J connectivity index is 1.80. The summed E-state index contributed by atoms with van der Waals surface area (Å²) >= 11 is 0. The SMILES string of the molecule is CCOCCC1(CNC(=NC)N2CC(C)CC(C)C2)CC1. The number of piperidine rings is 1. The molecule has 2 atom stereocenters. The van der Waals surface area contributed by atoms with Gasteiger partial charge in [0.05, 0.1) is 0 Å². The molecule has 2 unspecified atom stereocenters. The molecule has 0 aromatic heterocycles. The lowest BCUT2D eigenvalue weighted by molar-refractivity contribution is 0.128. The molecule has 0 spiro atoms. The Kier molecular flexibility index (Phi) is 5.91. The van der Waals surface area contributed by atoms with Gasteiger partial charge in [0, 0.05) is 39.9 Å². The molecule has 0 radical (unpaired) electrons. The maximum Gasteiger partial charge on any atom is 0.193 e. The minimum Gasteiger partial charge on any atom is -0.382 e. The average Bonchev–Trinajstić information content (AvgIpc) is 3.19. The van der Waals surface area contributed by atoms with Crippen LogP contribution in [-0.2, 0) is 4.74 Å². The summed E-state index contributed by atoms with van der Waals surface area (Å²) in [4.78, 5) is 6.95. The van der Waals surface area contributed by atoms with Crippen molar-refractivity contribution in [1.82, 2.24) is 10.2 Å². The second-order valence-corrected chi connectivity index (χ2v) is 7.20. The van der Waals surface area contributed by atoms with Crippen molar-refractivity contribution in [1.29, 1.82) is 0 Å². The van der Waals surface area contributed by atoms with Crippen LogP contribution >= 0.6 is 0 Å². The van der Waals surface area contributed by atoms with Crippen LogP contribution in [0.4, 0.5) is 0 Å². The predicted octanol–water partition coefficient (Wildman–Crippen LogP) is 2.75. The van der Waals surface area contributed by atoms with E-state index in [4.69, 9.17) is 4.74 Å². The van der Waals surface area contributed by atoms with Crippen LogP contribution in [0.5, 0.6) is 0 Å². The van der Waals surface area contributed by atoms with E-state index in [9.17, 15) is 0 Å². The molecule has 2 rings (SSSR count). The number of guanidine groups is 1. The van der Waals surface area contributed by atoms with Gasteiger partial charge in [0.2, 0.25) is 0 Å². The number of aliphatic imine (C=N–C) groups is 1. The van der Waals surface area contributed by atoms with Gasteiger partial charge in [0.15, 0.2) is 5.96 Å². The summed E-state index contributed by atoms with van der Waals surface area (Å²) < 4.78 is 5.52. The van der Waals surface area contributed by atoms with Crippen molar-refractivity contribution in [2.75, 3.05) is 39.9 Å². The van der Waals surface area contributed by atoms with Crippen LogP contribution in [0, 0.1) is 17.3 Å². The first kappa shape index (κ1) is 16.6. The van der Waals surface area contributed by atoms with Crippen molar-refractivity contribution in [3.8, 4) is 0 Å². The molecule has 0 aromatic carbocycles. The molecule has 21 heavy (non-hydrogen) atoms. The minimum absolute atomic E-state index is 0.470. The summed E-state index contributed by atoms with van der Waals surface area (Å²) in [5.41, 5.74) is 0.470. The van der Waals surface area contributed by atoms with E-state index in [2.05, 4.69) is 36.0 Å². The normalized spacial score (nSPS) is 28.6. The molecule has 2 aliphatic rings. The number of hydrogen-bond donors (Lipinski definition) is 1. The van der Waals surface area contributed by atoms with Gasteiger partial charge in [-0.15, -0.1) is 0 Å². The van der Waals surface area contributed by atoms with Gasteiger partial charge in [0.25, 0.3) is 0 Å². The maximum absolute atomic E-state index is 5.52. The first-order chi connectivity index (χ1) is 10.1. The molecule has 1 aliphatic heterocycles. The van der Waals surface area contributed by atoms with E-state index in [1.807, 2.05) is 7.05 Å². The highest BCUT2D eigenvalue weighted by molar-refractivity contribution is 5.80. The number of hydrogen-bond acceptors (Lipinski definition) is 2. The minimum atomic E-state index is 0.470. The smallest absolute Gasteiger partial charge is 0.193 e. The summed E-state index contributed by atoms with van der Waals surface area (Å²) in [6, 6.07) is 0. The van der Waals surface area contributed by atoms with Crippen molar-refractivity contribution in [2.45, 2.75) is 46.5 Å². The third-order valence-electron chi connectivity index (χ3n) is 4.94. The van der Waals surface area contributed by atoms with Crippen LogP contribution < -0.4 is 5.32 Å². The van der Waals surface area contributed by atoms with Gasteiger partial charge in [-0.05, 0) is 49.9 Å². The fourth-order valence-corrected chi connectivity index (χ4v) is 3.56. The van der Waals surface area contributed by atoms with Crippen molar-refractivity contribution < 1.29 is 4.74 Å². The quantitative estimate of drug-likeness (QED) is 0.465. The highest BCUT2D eigenvalue weighted by atomic mass is 16.5. The number of ether oxygens (including phenoxy) is 1. The number of nitrogens with zero attached hydrogens (tertiary/aromatic N) is 2. The Labute approximate surface area is 130 Å². The van der Waals surface area contributed by atoms with Crippen molar-refractivity contribution in [3.63, 3.8) is 0 Å². The zero-order valence-electron chi connectivity index (χ0n) is 14.3. The van der Waals surface area contributed by atoms with Gasteiger partial charge in [-0.1, -0.05) is 13.8 Å². The molecule has 1 heterocycles. The molecular weight excluding hydrogens is 262 g/mol. The molecule has 1 saturated heterocycles. The van der Waals surface area contributed by atoms with Crippen LogP contribution in [-0.4, -0.2) is 50.8 Å². The molecule has 0 aromatic rings. The number of likely N-dealkylation sites (tertiary alicyclic amines) is 1. The lowest BCUT2D eigenvalue weighted by atomic mass is 9.92. The highest BCUT2D eigenvalue weighted by Crippen LogP contribution is 2.48. The van der Waals surface area contributed by atoms with Crippen molar-refractivity contribution in [3.05, 3.63) is 0 Å². The summed E-state index contributed by atoms with van der Waals surface area (Å²) in [6.45, 7) is 11.8. The molecule has 2 fully saturated rings. The molecular formula is C17H33N3O. The predicted molar refractivity (Wildman–Crippen MR) is 88.7 cm³/mol. The van der Waals surface area contributed by atoms with Crippen LogP contribution in [0.3, 0.4) is 0 Å². The monoisotopic (exact) mass is 295 g/mol. The fourth-order valence-electron chi connectivity index (χ4n) is 3.56. The van der Waals surface area contributed by atoms with E-state index < -0.39 is 0 Å². The zero-order chi connectivity index (χ0) is 15.3. The Bertz CT molecular complexity index is 342. The Hall–Kier alpha value is -0.770. The first-order valence-electron chi connectivity index (χ1n) is 8.62. The molecule has 1 saturated carbocycles. The Morgan fingerprint density at radius 2 is 1.95 bits per heavy atom. The molecule has 4 nitrogen and oxygen atoms in total. The van der Waals surface area contributed by atoms with Gasteiger partial charge >= 0.3 is 0 Å². The molecule has 1 N–H and O–H groups in total. The Morgan fingerprint density at radius 1 is 1.29 bits per heavy atom. The van der Waals surface area contributed by atoms with Crippen LogP contribution in [0.25, 0.3) is 0 Å². The number of rotatable bonds is 6. The van der Waals surface area contributed by atoms with Crippen LogP contribution in [0.1, 0.15) is 46.5 Å². The van der Waals surface area contributed by atoms with Gasteiger partial charge in [-0.3, -0.25) is 4.99 Å². The van der Waals surface area contributed by atoms with Crippen molar-refractivity contribution >= 4 is 5.96 Å². The summed E-state index contributed by atoms with van der Waals surface area (Å²) in [7, 11) is 1.91. The fraction of sp³-hybridized carbons (Fsp3) is 0.941. The molecule has 0 bridgehead atoms. The Morgan fingerprint density at radius 3 is 2.48 bits per heavy atom. The van der Waals surface area contributed by atoms with Crippen LogP contribution in [0.15, 0.2) is 4.99 Å². The third kappa shape index (κ3) is 4.87. The maximum atomic E-state index is 5.52. The largest absolute Gasteiger partial charge is 0.382 e. The first-order valence-corrected chi connectivity index (χ1v) is 8.62. The topological polar surface area (TPSA) is 36.9 Å². The van der Waals surface area contributed by atoms with E-state index in [0.717, 1.165) is 50.6 Å². The summed E-state index contributed by atoms with van der Waals surface area (Å²) in [5.74, 6) is 2.62. The van der Waals surface area contributed by atoms with Gasteiger partial charge in [-0.2, -0.15) is 0 Å². The van der Waals surface area contributed by atoms with E-state index in [-0.39, 0.29) is 0 Å². The van der Waals surface area contributed by atoms with E-state index in [0.29, 0.717) is 5.41 Å². The molecule has 1 aliphatic carbocycles. The summed E-state index contributed by atoms with van der Waals surface area (Å²) in [6.07, 6.45) is 5.18. The average molecular weight is 295 g/mol. The van der Waals surface area contributed by atoms with Crippen molar-refractivity contribution in [2.24, 2.45) is 22.2 Å². The number of nitrogens with one attached hydrogen (secondary N) is 1. The van der Waals surface area contributed by atoms with Gasteiger partial charge in [-0.25, -0.2) is 0 Å².